The Bertz CT molecular complexity index is 1110. The zero-order valence-corrected chi connectivity index (χ0v) is 21.3. The first-order valence-electron chi connectivity index (χ1n) is 12.4. The SMILES string of the molecule is Cc1cc(-c2ccc(F)cc2)cc(C)c1C1C(=O)CC2(CCN(C(=O)NC(C)(C)C)CC2)CC1=O. The summed E-state index contributed by atoms with van der Waals surface area (Å²) in [4.78, 5) is 41.2. The van der Waals surface area contributed by atoms with Gasteiger partial charge in [0.2, 0.25) is 0 Å². The number of hydrogen-bond acceptors (Lipinski definition) is 3. The first-order chi connectivity index (χ1) is 16.4. The molecule has 0 bridgehead atoms. The molecule has 2 aromatic carbocycles. The Kier molecular flexibility index (Phi) is 6.60. The topological polar surface area (TPSA) is 66.5 Å². The number of benzene rings is 2. The lowest BCUT2D eigenvalue weighted by molar-refractivity contribution is -0.138. The Hall–Kier alpha value is -3.02. The number of piperidine rings is 1. The zero-order valence-electron chi connectivity index (χ0n) is 21.3. The van der Waals surface area contributed by atoms with Crippen LogP contribution in [0.3, 0.4) is 0 Å². The molecule has 1 N–H and O–H groups in total. The van der Waals surface area contributed by atoms with Crippen LogP contribution in [0.25, 0.3) is 11.1 Å². The predicted molar refractivity (Wildman–Crippen MR) is 135 cm³/mol. The van der Waals surface area contributed by atoms with Crippen LogP contribution < -0.4 is 5.32 Å². The molecule has 1 saturated heterocycles. The van der Waals surface area contributed by atoms with E-state index in [0.29, 0.717) is 38.8 Å². The highest BCUT2D eigenvalue weighted by molar-refractivity contribution is 6.10. The minimum Gasteiger partial charge on any atom is -0.333 e. The van der Waals surface area contributed by atoms with Gasteiger partial charge in [-0.05, 0) is 92.8 Å². The van der Waals surface area contributed by atoms with Crippen molar-refractivity contribution in [2.45, 2.75) is 71.8 Å². The molecule has 4 rings (SSSR count). The molecule has 186 valence electrons. The van der Waals surface area contributed by atoms with Gasteiger partial charge in [-0.15, -0.1) is 0 Å². The Morgan fingerprint density at radius 1 is 0.943 bits per heavy atom. The molecule has 1 heterocycles. The van der Waals surface area contributed by atoms with Gasteiger partial charge < -0.3 is 10.2 Å². The van der Waals surface area contributed by atoms with Crippen LogP contribution in [-0.2, 0) is 9.59 Å². The lowest BCUT2D eigenvalue weighted by Crippen LogP contribution is -2.53. The van der Waals surface area contributed by atoms with Crippen LogP contribution in [0.15, 0.2) is 36.4 Å². The quantitative estimate of drug-likeness (QED) is 0.562. The van der Waals surface area contributed by atoms with Gasteiger partial charge in [-0.3, -0.25) is 9.59 Å². The molecule has 1 aliphatic heterocycles. The molecule has 0 unspecified atom stereocenters. The first-order valence-corrected chi connectivity index (χ1v) is 12.4. The molecule has 2 aromatic rings. The van der Waals surface area contributed by atoms with E-state index >= 15 is 0 Å². The van der Waals surface area contributed by atoms with Gasteiger partial charge in [0.05, 0.1) is 0 Å². The third kappa shape index (κ3) is 5.31. The normalized spacial score (nSPS) is 18.7. The van der Waals surface area contributed by atoms with Crippen LogP contribution in [0.5, 0.6) is 0 Å². The smallest absolute Gasteiger partial charge is 0.317 e. The molecule has 2 aliphatic rings. The van der Waals surface area contributed by atoms with Crippen LogP contribution in [0.2, 0.25) is 0 Å². The van der Waals surface area contributed by atoms with E-state index in [4.69, 9.17) is 0 Å². The minimum atomic E-state index is -0.731. The van der Waals surface area contributed by atoms with Crippen LogP contribution in [0, 0.1) is 25.1 Å². The molecule has 6 heteroatoms. The highest BCUT2D eigenvalue weighted by Gasteiger charge is 2.48. The fraction of sp³-hybridized carbons (Fsp3) is 0.483. The van der Waals surface area contributed by atoms with Gasteiger partial charge in [0.1, 0.15) is 23.3 Å². The van der Waals surface area contributed by atoms with E-state index in [-0.39, 0.29) is 34.4 Å². The lowest BCUT2D eigenvalue weighted by atomic mass is 9.62. The molecule has 0 atom stereocenters. The number of amides is 2. The van der Waals surface area contributed by atoms with Gasteiger partial charge in [0.15, 0.2) is 0 Å². The van der Waals surface area contributed by atoms with Crippen LogP contribution in [0.4, 0.5) is 9.18 Å². The maximum atomic E-state index is 13.4. The molecule has 5 nitrogen and oxygen atoms in total. The second-order valence-corrected chi connectivity index (χ2v) is 11.4. The number of likely N-dealkylation sites (tertiary alicyclic amines) is 1. The van der Waals surface area contributed by atoms with E-state index in [1.165, 1.54) is 12.1 Å². The summed E-state index contributed by atoms with van der Waals surface area (Å²) in [6.07, 6.45) is 2.07. The third-order valence-corrected chi connectivity index (χ3v) is 7.40. The number of carbonyl (C=O) groups is 3. The summed E-state index contributed by atoms with van der Waals surface area (Å²) in [5.41, 5.74) is 3.80. The number of urea groups is 1. The standard InChI is InChI=1S/C29H35FN2O3/c1-18-14-21(20-6-8-22(30)9-7-20)15-19(2)25(18)26-23(33)16-29(17-24(26)34)10-12-32(13-11-29)27(35)31-28(3,4)5/h6-9,14-15,26H,10-13,16-17H2,1-5H3,(H,31,35). The van der Waals surface area contributed by atoms with Crippen LogP contribution in [-0.4, -0.2) is 41.1 Å². The third-order valence-electron chi connectivity index (χ3n) is 7.40. The van der Waals surface area contributed by atoms with Crippen molar-refractivity contribution in [3.8, 4) is 11.1 Å². The van der Waals surface area contributed by atoms with Crippen molar-refractivity contribution in [2.75, 3.05) is 13.1 Å². The number of nitrogens with one attached hydrogen (secondary N) is 1. The van der Waals surface area contributed by atoms with Crippen molar-refractivity contribution in [1.29, 1.82) is 0 Å². The van der Waals surface area contributed by atoms with Crippen LogP contribution in [0.1, 0.15) is 69.1 Å². The van der Waals surface area contributed by atoms with Gasteiger partial charge in [-0.25, -0.2) is 9.18 Å². The largest absolute Gasteiger partial charge is 0.333 e. The molecule has 2 amide bonds. The number of hydrogen-bond donors (Lipinski definition) is 1. The second-order valence-electron chi connectivity index (χ2n) is 11.4. The van der Waals surface area contributed by atoms with Gasteiger partial charge in [0.25, 0.3) is 0 Å². The van der Waals surface area contributed by atoms with Crippen molar-refractivity contribution < 1.29 is 18.8 Å². The van der Waals surface area contributed by atoms with E-state index in [0.717, 1.165) is 27.8 Å². The lowest BCUT2D eigenvalue weighted by Gasteiger charge is -2.45. The zero-order chi connectivity index (χ0) is 25.5. The highest BCUT2D eigenvalue weighted by Crippen LogP contribution is 2.47. The number of Topliss-reactive ketones (excluding diaryl/α,β-unsaturated/α-hetero) is 2. The number of rotatable bonds is 2. The molecular weight excluding hydrogens is 443 g/mol. The Morgan fingerprint density at radius 3 is 1.94 bits per heavy atom. The minimum absolute atomic E-state index is 0.0189. The maximum absolute atomic E-state index is 13.4. The van der Waals surface area contributed by atoms with Gasteiger partial charge in [-0.2, -0.15) is 0 Å². The molecule has 1 aliphatic carbocycles. The molecule has 1 spiro atoms. The monoisotopic (exact) mass is 478 g/mol. The average molecular weight is 479 g/mol. The van der Waals surface area contributed by atoms with E-state index < -0.39 is 5.92 Å². The summed E-state index contributed by atoms with van der Waals surface area (Å²) >= 11 is 0. The Balaban J connectivity index is 1.50. The Morgan fingerprint density at radius 2 is 1.46 bits per heavy atom. The molecule has 0 radical (unpaired) electrons. The van der Waals surface area contributed by atoms with Crippen molar-refractivity contribution in [2.24, 2.45) is 5.41 Å². The van der Waals surface area contributed by atoms with E-state index in [9.17, 15) is 18.8 Å². The van der Waals surface area contributed by atoms with Crippen molar-refractivity contribution in [1.82, 2.24) is 10.2 Å². The van der Waals surface area contributed by atoms with E-state index in [1.807, 2.05) is 46.8 Å². The summed E-state index contributed by atoms with van der Waals surface area (Å²) < 4.78 is 13.3. The fourth-order valence-corrected chi connectivity index (χ4v) is 5.68. The number of ketones is 2. The summed E-state index contributed by atoms with van der Waals surface area (Å²) in [5, 5.41) is 2.99. The number of nitrogens with zero attached hydrogens (tertiary/aromatic N) is 1. The molecule has 0 aromatic heterocycles. The predicted octanol–water partition coefficient (Wildman–Crippen LogP) is 5.72. The summed E-state index contributed by atoms with van der Waals surface area (Å²) in [6.45, 7) is 10.8. The number of aryl methyl sites for hydroxylation is 2. The van der Waals surface area contributed by atoms with Crippen molar-refractivity contribution >= 4 is 17.6 Å². The van der Waals surface area contributed by atoms with E-state index in [2.05, 4.69) is 5.32 Å². The molecular formula is C29H35FN2O3. The summed E-state index contributed by atoms with van der Waals surface area (Å²) in [5.74, 6) is -1.05. The molecule has 2 fully saturated rings. The maximum Gasteiger partial charge on any atom is 0.317 e. The fourth-order valence-electron chi connectivity index (χ4n) is 5.68. The van der Waals surface area contributed by atoms with Crippen LogP contribution >= 0.6 is 0 Å². The van der Waals surface area contributed by atoms with Gasteiger partial charge in [-0.1, -0.05) is 24.3 Å². The van der Waals surface area contributed by atoms with Crippen molar-refractivity contribution in [3.63, 3.8) is 0 Å². The van der Waals surface area contributed by atoms with E-state index in [1.54, 1.807) is 17.0 Å². The summed E-state index contributed by atoms with van der Waals surface area (Å²) in [7, 11) is 0. The number of halogens is 1. The van der Waals surface area contributed by atoms with Gasteiger partial charge >= 0.3 is 6.03 Å². The summed E-state index contributed by atoms with van der Waals surface area (Å²) in [6, 6.07) is 10.2. The number of carbonyl (C=O) groups excluding carboxylic acids is 3. The molecule has 1 saturated carbocycles. The molecule has 35 heavy (non-hydrogen) atoms. The second kappa shape index (κ2) is 9.21. The first kappa shape index (κ1) is 25.1. The average Bonchev–Trinajstić information content (AvgIpc) is 2.74. The van der Waals surface area contributed by atoms with Crippen molar-refractivity contribution in [3.05, 3.63) is 58.9 Å². The Labute approximate surface area is 207 Å². The highest BCUT2D eigenvalue weighted by atomic mass is 19.1. The van der Waals surface area contributed by atoms with Gasteiger partial charge in [0, 0.05) is 31.5 Å².